The van der Waals surface area contributed by atoms with Crippen molar-refractivity contribution in [3.05, 3.63) is 35.4 Å². The van der Waals surface area contributed by atoms with Gasteiger partial charge in [0.05, 0.1) is 11.7 Å². The molecule has 4 heteroatoms. The number of carbonyl (C=O) groups is 1. The SMILES string of the molecule is CO[C@@H]1CCCC[C@H]1NCc1cccc(C(=O)O)c1. The smallest absolute Gasteiger partial charge is 0.335 e. The maximum absolute atomic E-state index is 10.9. The zero-order valence-corrected chi connectivity index (χ0v) is 11.3. The molecule has 1 fully saturated rings. The van der Waals surface area contributed by atoms with Crippen molar-refractivity contribution in [2.45, 2.75) is 44.4 Å². The van der Waals surface area contributed by atoms with E-state index in [9.17, 15) is 4.79 Å². The summed E-state index contributed by atoms with van der Waals surface area (Å²) in [4.78, 5) is 10.9. The lowest BCUT2D eigenvalue weighted by Crippen LogP contribution is -2.42. The second-order valence-electron chi connectivity index (χ2n) is 5.05. The van der Waals surface area contributed by atoms with Gasteiger partial charge in [-0.1, -0.05) is 25.0 Å². The van der Waals surface area contributed by atoms with Gasteiger partial charge in [0.25, 0.3) is 0 Å². The van der Waals surface area contributed by atoms with Gasteiger partial charge in [0.15, 0.2) is 0 Å². The highest BCUT2D eigenvalue weighted by Gasteiger charge is 2.24. The van der Waals surface area contributed by atoms with Gasteiger partial charge in [0.1, 0.15) is 0 Å². The highest BCUT2D eigenvalue weighted by Crippen LogP contribution is 2.21. The fourth-order valence-electron chi connectivity index (χ4n) is 2.68. The Balaban J connectivity index is 1.94. The van der Waals surface area contributed by atoms with Crippen LogP contribution in [0.1, 0.15) is 41.6 Å². The Morgan fingerprint density at radius 3 is 2.95 bits per heavy atom. The summed E-state index contributed by atoms with van der Waals surface area (Å²) in [6, 6.07) is 7.44. The Kier molecular flexibility index (Phi) is 4.93. The predicted molar refractivity (Wildman–Crippen MR) is 73.3 cm³/mol. The van der Waals surface area contributed by atoms with Crippen LogP contribution in [0.2, 0.25) is 0 Å². The molecule has 2 N–H and O–H groups in total. The maximum Gasteiger partial charge on any atom is 0.335 e. The second kappa shape index (κ2) is 6.68. The summed E-state index contributed by atoms with van der Waals surface area (Å²) >= 11 is 0. The highest BCUT2D eigenvalue weighted by molar-refractivity contribution is 5.87. The van der Waals surface area contributed by atoms with Gasteiger partial charge in [-0.25, -0.2) is 4.79 Å². The van der Waals surface area contributed by atoms with E-state index in [0.29, 0.717) is 18.2 Å². The molecule has 4 nitrogen and oxygen atoms in total. The van der Waals surface area contributed by atoms with Crippen LogP contribution >= 0.6 is 0 Å². The van der Waals surface area contributed by atoms with E-state index in [1.54, 1.807) is 25.3 Å². The number of carboxylic acids is 1. The minimum Gasteiger partial charge on any atom is -0.478 e. The molecule has 0 aromatic heterocycles. The number of nitrogens with one attached hydrogen (secondary N) is 1. The van der Waals surface area contributed by atoms with Crippen LogP contribution in [0, 0.1) is 0 Å². The molecular weight excluding hydrogens is 242 g/mol. The van der Waals surface area contributed by atoms with Gasteiger partial charge in [0.2, 0.25) is 0 Å². The van der Waals surface area contributed by atoms with Crippen molar-refractivity contribution in [2.24, 2.45) is 0 Å². The van der Waals surface area contributed by atoms with Gasteiger partial charge in [0, 0.05) is 19.7 Å². The normalized spacial score (nSPS) is 23.2. The standard InChI is InChI=1S/C15H21NO3/c1-19-14-8-3-2-7-13(14)16-10-11-5-4-6-12(9-11)15(17)18/h4-6,9,13-14,16H,2-3,7-8,10H2,1H3,(H,17,18)/t13-,14-/m1/s1. The predicted octanol–water partition coefficient (Wildman–Crippen LogP) is 2.43. The minimum atomic E-state index is -0.880. The molecule has 1 aliphatic carbocycles. The third kappa shape index (κ3) is 3.78. The van der Waals surface area contributed by atoms with Crippen molar-refractivity contribution >= 4 is 5.97 Å². The molecular formula is C15H21NO3. The number of hydrogen-bond acceptors (Lipinski definition) is 3. The Labute approximate surface area is 113 Å². The van der Waals surface area contributed by atoms with Crippen molar-refractivity contribution in [1.82, 2.24) is 5.32 Å². The van der Waals surface area contributed by atoms with E-state index in [0.717, 1.165) is 18.4 Å². The Bertz CT molecular complexity index is 433. The molecule has 2 rings (SSSR count). The molecule has 0 radical (unpaired) electrons. The van der Waals surface area contributed by atoms with Gasteiger partial charge < -0.3 is 15.2 Å². The lowest BCUT2D eigenvalue weighted by molar-refractivity contribution is 0.0413. The van der Waals surface area contributed by atoms with Crippen molar-refractivity contribution in [2.75, 3.05) is 7.11 Å². The van der Waals surface area contributed by atoms with Crippen LogP contribution in [0.5, 0.6) is 0 Å². The quantitative estimate of drug-likeness (QED) is 0.856. The first-order chi connectivity index (χ1) is 9.20. The summed E-state index contributed by atoms with van der Waals surface area (Å²) in [5, 5.41) is 12.5. The fourth-order valence-corrected chi connectivity index (χ4v) is 2.68. The number of carboxylic acid groups (broad SMARTS) is 1. The Morgan fingerprint density at radius 1 is 1.42 bits per heavy atom. The largest absolute Gasteiger partial charge is 0.478 e. The molecule has 0 bridgehead atoms. The molecule has 0 aliphatic heterocycles. The van der Waals surface area contributed by atoms with Gasteiger partial charge in [-0.15, -0.1) is 0 Å². The third-order valence-electron chi connectivity index (χ3n) is 3.75. The van der Waals surface area contributed by atoms with Crippen molar-refractivity contribution in [3.8, 4) is 0 Å². The van der Waals surface area contributed by atoms with Crippen LogP contribution in [-0.4, -0.2) is 30.3 Å². The molecule has 0 unspecified atom stereocenters. The van der Waals surface area contributed by atoms with Gasteiger partial charge in [-0.2, -0.15) is 0 Å². The number of methoxy groups -OCH3 is 1. The number of benzene rings is 1. The second-order valence-corrected chi connectivity index (χ2v) is 5.05. The van der Waals surface area contributed by atoms with E-state index in [2.05, 4.69) is 5.32 Å². The van der Waals surface area contributed by atoms with E-state index >= 15 is 0 Å². The van der Waals surface area contributed by atoms with E-state index < -0.39 is 5.97 Å². The average Bonchev–Trinajstić information content (AvgIpc) is 2.45. The Hall–Kier alpha value is -1.39. The fraction of sp³-hybridized carbons (Fsp3) is 0.533. The third-order valence-corrected chi connectivity index (χ3v) is 3.75. The number of ether oxygens (including phenoxy) is 1. The summed E-state index contributed by atoms with van der Waals surface area (Å²) < 4.78 is 5.50. The lowest BCUT2D eigenvalue weighted by atomic mass is 9.92. The number of aromatic carboxylic acids is 1. The highest BCUT2D eigenvalue weighted by atomic mass is 16.5. The first-order valence-electron chi connectivity index (χ1n) is 6.79. The molecule has 104 valence electrons. The van der Waals surface area contributed by atoms with Crippen molar-refractivity contribution < 1.29 is 14.6 Å². The summed E-state index contributed by atoms with van der Waals surface area (Å²) in [5.41, 5.74) is 1.34. The molecule has 1 saturated carbocycles. The number of hydrogen-bond donors (Lipinski definition) is 2. The Morgan fingerprint density at radius 2 is 2.21 bits per heavy atom. The zero-order valence-electron chi connectivity index (χ0n) is 11.3. The average molecular weight is 263 g/mol. The summed E-state index contributed by atoms with van der Waals surface area (Å²) in [5.74, 6) is -0.880. The monoisotopic (exact) mass is 263 g/mol. The van der Waals surface area contributed by atoms with Gasteiger partial charge >= 0.3 is 5.97 Å². The van der Waals surface area contributed by atoms with E-state index in [1.807, 2.05) is 6.07 Å². The van der Waals surface area contributed by atoms with Crippen molar-refractivity contribution in [1.29, 1.82) is 0 Å². The summed E-state index contributed by atoms with van der Waals surface area (Å²) in [7, 11) is 1.76. The molecule has 0 spiro atoms. The van der Waals surface area contributed by atoms with Crippen LogP contribution in [0.4, 0.5) is 0 Å². The topological polar surface area (TPSA) is 58.6 Å². The maximum atomic E-state index is 10.9. The first kappa shape index (κ1) is 14.0. The summed E-state index contributed by atoms with van der Waals surface area (Å²) in [6.45, 7) is 0.686. The molecule has 1 aromatic rings. The molecule has 0 saturated heterocycles. The first-order valence-corrected chi connectivity index (χ1v) is 6.79. The van der Waals surface area contributed by atoms with Crippen LogP contribution < -0.4 is 5.32 Å². The number of rotatable bonds is 5. The van der Waals surface area contributed by atoms with Crippen LogP contribution in [0.3, 0.4) is 0 Å². The van der Waals surface area contributed by atoms with E-state index in [1.165, 1.54) is 12.8 Å². The lowest BCUT2D eigenvalue weighted by Gasteiger charge is -2.31. The van der Waals surface area contributed by atoms with Crippen molar-refractivity contribution in [3.63, 3.8) is 0 Å². The molecule has 19 heavy (non-hydrogen) atoms. The molecule has 2 atom stereocenters. The van der Waals surface area contributed by atoms with E-state index in [-0.39, 0.29) is 6.10 Å². The molecule has 0 amide bonds. The van der Waals surface area contributed by atoms with Gasteiger partial charge in [-0.3, -0.25) is 0 Å². The van der Waals surface area contributed by atoms with Gasteiger partial charge in [-0.05, 0) is 30.5 Å². The molecule has 1 aromatic carbocycles. The van der Waals surface area contributed by atoms with Crippen LogP contribution in [-0.2, 0) is 11.3 Å². The molecule has 1 aliphatic rings. The van der Waals surface area contributed by atoms with E-state index in [4.69, 9.17) is 9.84 Å². The molecule has 0 heterocycles. The van der Waals surface area contributed by atoms with Crippen LogP contribution in [0.15, 0.2) is 24.3 Å². The zero-order chi connectivity index (χ0) is 13.7. The minimum absolute atomic E-state index is 0.274. The van der Waals surface area contributed by atoms with Crippen LogP contribution in [0.25, 0.3) is 0 Å². The summed E-state index contributed by atoms with van der Waals surface area (Å²) in [6.07, 6.45) is 4.95.